The molecule has 2 aromatic rings. The van der Waals surface area contributed by atoms with E-state index < -0.39 is 11.9 Å². The first-order chi connectivity index (χ1) is 9.91. The number of amides is 1. The minimum atomic E-state index is -0.974. The summed E-state index contributed by atoms with van der Waals surface area (Å²) in [6, 6.07) is 7.19. The molecule has 1 aromatic carbocycles. The number of aliphatic carboxylic acids is 1. The number of nitrogens with zero attached hydrogens (tertiary/aromatic N) is 2. The molecule has 7 nitrogen and oxygen atoms in total. The lowest BCUT2D eigenvalue weighted by Gasteiger charge is -2.08. The summed E-state index contributed by atoms with van der Waals surface area (Å²) in [4.78, 5) is 34.7. The lowest BCUT2D eigenvalue weighted by atomic mass is 10.2. The van der Waals surface area contributed by atoms with E-state index >= 15 is 0 Å². The number of hydrogen-bond acceptors (Lipinski definition) is 3. The Labute approximate surface area is 120 Å². The van der Waals surface area contributed by atoms with E-state index in [1.54, 1.807) is 25.2 Å². The molecule has 0 aliphatic rings. The second-order valence-corrected chi connectivity index (χ2v) is 4.96. The third-order valence-electron chi connectivity index (χ3n) is 3.38. The van der Waals surface area contributed by atoms with E-state index in [9.17, 15) is 14.4 Å². The fourth-order valence-electron chi connectivity index (χ4n) is 2.07. The number of carboxylic acids is 1. The van der Waals surface area contributed by atoms with E-state index in [1.807, 2.05) is 6.07 Å². The Hall–Kier alpha value is -2.57. The Balaban J connectivity index is 2.17. The quantitative estimate of drug-likeness (QED) is 0.821. The molecule has 0 aliphatic heterocycles. The second-order valence-electron chi connectivity index (χ2n) is 4.96. The zero-order chi connectivity index (χ0) is 15.6. The van der Waals surface area contributed by atoms with E-state index in [4.69, 9.17) is 5.11 Å². The van der Waals surface area contributed by atoms with Crippen molar-refractivity contribution in [3.63, 3.8) is 0 Å². The highest BCUT2D eigenvalue weighted by Gasteiger charge is 2.15. The van der Waals surface area contributed by atoms with Crippen LogP contribution in [0, 0.1) is 5.92 Å². The first kappa shape index (κ1) is 14.8. The van der Waals surface area contributed by atoms with Crippen molar-refractivity contribution in [1.29, 1.82) is 0 Å². The van der Waals surface area contributed by atoms with Crippen molar-refractivity contribution in [3.8, 4) is 0 Å². The second kappa shape index (κ2) is 5.82. The van der Waals surface area contributed by atoms with Gasteiger partial charge in [0.1, 0.15) is 6.54 Å². The van der Waals surface area contributed by atoms with Crippen molar-refractivity contribution in [2.24, 2.45) is 13.0 Å². The molecule has 2 N–H and O–H groups in total. The van der Waals surface area contributed by atoms with Gasteiger partial charge in [-0.1, -0.05) is 19.1 Å². The Morgan fingerprint density at radius 2 is 1.90 bits per heavy atom. The molecule has 0 radical (unpaired) electrons. The molecule has 1 atom stereocenters. The Morgan fingerprint density at radius 3 is 2.52 bits per heavy atom. The summed E-state index contributed by atoms with van der Waals surface area (Å²) in [5.74, 6) is -2.03. The fraction of sp³-hybridized carbons (Fsp3) is 0.357. The molecule has 0 spiro atoms. The van der Waals surface area contributed by atoms with Crippen LogP contribution in [0.5, 0.6) is 0 Å². The molecule has 2 rings (SSSR count). The molecule has 7 heteroatoms. The maximum Gasteiger partial charge on any atom is 0.329 e. The Morgan fingerprint density at radius 1 is 1.29 bits per heavy atom. The SMILES string of the molecule is CC(CNC(=O)Cn1c(=O)n(C)c2ccccc21)C(=O)O. The van der Waals surface area contributed by atoms with Gasteiger partial charge in [-0.3, -0.25) is 18.7 Å². The molecule has 1 amide bonds. The number of carbonyl (C=O) groups excluding carboxylic acids is 1. The van der Waals surface area contributed by atoms with E-state index in [0.717, 1.165) is 5.52 Å². The maximum atomic E-state index is 12.1. The number of fused-ring (bicyclic) bond motifs is 1. The number of para-hydroxylation sites is 2. The van der Waals surface area contributed by atoms with Crippen molar-refractivity contribution in [2.75, 3.05) is 6.54 Å². The molecular formula is C14H17N3O4. The standard InChI is InChI=1S/C14H17N3O4/c1-9(13(19)20)7-15-12(18)8-17-11-6-4-3-5-10(11)16(2)14(17)21/h3-6,9H,7-8H2,1-2H3,(H,15,18)(H,19,20). The average Bonchev–Trinajstić information content (AvgIpc) is 2.70. The molecule has 21 heavy (non-hydrogen) atoms. The van der Waals surface area contributed by atoms with Crippen LogP contribution in [0.4, 0.5) is 0 Å². The lowest BCUT2D eigenvalue weighted by Crippen LogP contribution is -2.36. The van der Waals surface area contributed by atoms with Gasteiger partial charge in [-0.2, -0.15) is 0 Å². The van der Waals surface area contributed by atoms with Crippen molar-refractivity contribution >= 4 is 22.9 Å². The van der Waals surface area contributed by atoms with Gasteiger partial charge in [-0.25, -0.2) is 4.79 Å². The smallest absolute Gasteiger partial charge is 0.329 e. The van der Waals surface area contributed by atoms with Crippen LogP contribution in [0.2, 0.25) is 0 Å². The van der Waals surface area contributed by atoms with Gasteiger partial charge in [0, 0.05) is 13.6 Å². The largest absolute Gasteiger partial charge is 0.481 e. The zero-order valence-electron chi connectivity index (χ0n) is 11.9. The molecule has 1 aromatic heterocycles. The van der Waals surface area contributed by atoms with Crippen molar-refractivity contribution in [3.05, 3.63) is 34.7 Å². The molecule has 0 saturated carbocycles. The van der Waals surface area contributed by atoms with Gasteiger partial charge in [-0.05, 0) is 12.1 Å². The van der Waals surface area contributed by atoms with Crippen LogP contribution in [0.1, 0.15) is 6.92 Å². The average molecular weight is 291 g/mol. The minimum Gasteiger partial charge on any atom is -0.481 e. The Kier molecular flexibility index (Phi) is 4.11. The summed E-state index contributed by atoms with van der Waals surface area (Å²) >= 11 is 0. The minimum absolute atomic E-state index is 0.0354. The summed E-state index contributed by atoms with van der Waals surface area (Å²) in [6.45, 7) is 1.41. The maximum absolute atomic E-state index is 12.1. The summed E-state index contributed by atoms with van der Waals surface area (Å²) in [5.41, 5.74) is 1.14. The van der Waals surface area contributed by atoms with Crippen LogP contribution < -0.4 is 11.0 Å². The molecule has 0 saturated heterocycles. The third kappa shape index (κ3) is 2.96. The van der Waals surface area contributed by atoms with Crippen LogP contribution in [0.3, 0.4) is 0 Å². The van der Waals surface area contributed by atoms with Gasteiger partial charge in [0.15, 0.2) is 0 Å². The number of carbonyl (C=O) groups is 2. The molecule has 1 heterocycles. The number of carboxylic acid groups (broad SMARTS) is 1. The van der Waals surface area contributed by atoms with Crippen LogP contribution in [0.15, 0.2) is 29.1 Å². The number of aromatic nitrogens is 2. The monoisotopic (exact) mass is 291 g/mol. The number of hydrogen-bond donors (Lipinski definition) is 2. The number of benzene rings is 1. The number of aryl methyl sites for hydroxylation is 1. The summed E-state index contributed by atoms with van der Waals surface area (Å²) in [5, 5.41) is 11.3. The van der Waals surface area contributed by atoms with E-state index in [2.05, 4.69) is 5.32 Å². The fourth-order valence-corrected chi connectivity index (χ4v) is 2.07. The number of rotatable bonds is 5. The predicted octanol–water partition coefficient (Wildman–Crippen LogP) is 0.177. The van der Waals surface area contributed by atoms with Crippen LogP contribution >= 0.6 is 0 Å². The summed E-state index contributed by atoms with van der Waals surface area (Å²) < 4.78 is 2.85. The number of nitrogens with one attached hydrogen (secondary N) is 1. The molecular weight excluding hydrogens is 274 g/mol. The van der Waals surface area contributed by atoms with Crippen LogP contribution in [-0.2, 0) is 23.2 Å². The predicted molar refractivity (Wildman–Crippen MR) is 77.0 cm³/mol. The molecule has 0 bridgehead atoms. The molecule has 1 unspecified atom stereocenters. The summed E-state index contributed by atoms with van der Waals surface area (Å²) in [7, 11) is 1.64. The number of imidazole rings is 1. The van der Waals surface area contributed by atoms with Gasteiger partial charge in [0.05, 0.1) is 17.0 Å². The third-order valence-corrected chi connectivity index (χ3v) is 3.38. The zero-order valence-corrected chi connectivity index (χ0v) is 11.9. The highest BCUT2D eigenvalue weighted by molar-refractivity contribution is 5.81. The van der Waals surface area contributed by atoms with Crippen molar-refractivity contribution in [1.82, 2.24) is 14.5 Å². The Bertz CT molecular complexity index is 744. The van der Waals surface area contributed by atoms with Gasteiger partial charge >= 0.3 is 11.7 Å². The normalized spacial score (nSPS) is 12.3. The lowest BCUT2D eigenvalue weighted by molar-refractivity contribution is -0.141. The first-order valence-corrected chi connectivity index (χ1v) is 6.55. The topological polar surface area (TPSA) is 93.3 Å². The highest BCUT2D eigenvalue weighted by atomic mass is 16.4. The van der Waals surface area contributed by atoms with Crippen LogP contribution in [-0.4, -0.2) is 32.7 Å². The van der Waals surface area contributed by atoms with E-state index in [0.29, 0.717) is 5.52 Å². The van der Waals surface area contributed by atoms with Gasteiger partial charge in [0.2, 0.25) is 5.91 Å². The van der Waals surface area contributed by atoms with Crippen LogP contribution in [0.25, 0.3) is 11.0 Å². The van der Waals surface area contributed by atoms with Gasteiger partial charge < -0.3 is 10.4 Å². The summed E-state index contributed by atoms with van der Waals surface area (Å²) in [6.07, 6.45) is 0. The van der Waals surface area contributed by atoms with Crippen molar-refractivity contribution < 1.29 is 14.7 Å². The molecule has 112 valence electrons. The van der Waals surface area contributed by atoms with E-state index in [-0.39, 0.29) is 24.7 Å². The molecule has 0 aliphatic carbocycles. The van der Waals surface area contributed by atoms with Gasteiger partial charge in [-0.15, -0.1) is 0 Å². The molecule has 0 fully saturated rings. The highest BCUT2D eigenvalue weighted by Crippen LogP contribution is 2.11. The first-order valence-electron chi connectivity index (χ1n) is 6.55. The van der Waals surface area contributed by atoms with Gasteiger partial charge in [0.25, 0.3) is 0 Å². The van der Waals surface area contributed by atoms with E-state index in [1.165, 1.54) is 16.1 Å². The van der Waals surface area contributed by atoms with Crippen molar-refractivity contribution in [2.45, 2.75) is 13.5 Å².